The molecule has 25 heavy (non-hydrogen) atoms. The monoisotopic (exact) mass is 369 g/mol. The fourth-order valence-corrected chi connectivity index (χ4v) is 4.23. The summed E-state index contributed by atoms with van der Waals surface area (Å²) >= 11 is 7.62. The summed E-state index contributed by atoms with van der Waals surface area (Å²) in [4.78, 5) is 15.8. The van der Waals surface area contributed by atoms with Crippen molar-refractivity contribution in [2.75, 3.05) is 0 Å². The van der Waals surface area contributed by atoms with Crippen LogP contribution in [0.3, 0.4) is 0 Å². The molecule has 3 aromatic rings. The summed E-state index contributed by atoms with van der Waals surface area (Å²) < 4.78 is 0. The van der Waals surface area contributed by atoms with E-state index >= 15 is 0 Å². The number of nitrogens with zero attached hydrogens (tertiary/aromatic N) is 3. The van der Waals surface area contributed by atoms with Crippen LogP contribution < -0.4 is 0 Å². The Morgan fingerprint density at radius 1 is 1.16 bits per heavy atom. The van der Waals surface area contributed by atoms with Gasteiger partial charge in [0.05, 0.1) is 16.3 Å². The number of hydrogen-bond acceptors (Lipinski definition) is 5. The first kappa shape index (κ1) is 16.2. The Labute approximate surface area is 155 Å². The zero-order chi connectivity index (χ0) is 17.4. The lowest BCUT2D eigenvalue weighted by Gasteiger charge is -2.20. The molecule has 0 radical (unpaired) electrons. The number of halogens is 1. The van der Waals surface area contributed by atoms with Crippen LogP contribution in [0.2, 0.25) is 5.02 Å². The average molecular weight is 370 g/mol. The minimum Gasteiger partial charge on any atom is -0.383 e. The third-order valence-corrected chi connectivity index (χ3v) is 5.93. The summed E-state index contributed by atoms with van der Waals surface area (Å²) in [5, 5.41) is 5.99. The van der Waals surface area contributed by atoms with E-state index in [-0.39, 0.29) is 0 Å². The number of thiazole rings is 1. The Balaban J connectivity index is 1.63. The third kappa shape index (κ3) is 3.05. The van der Waals surface area contributed by atoms with Crippen LogP contribution in [0.5, 0.6) is 0 Å². The molecule has 1 aliphatic heterocycles. The molecule has 1 aromatic carbocycles. The molecule has 126 valence electrons. The van der Waals surface area contributed by atoms with Crippen molar-refractivity contribution in [1.82, 2.24) is 9.97 Å². The van der Waals surface area contributed by atoms with Gasteiger partial charge in [-0.25, -0.2) is 4.98 Å². The van der Waals surface area contributed by atoms with E-state index in [1.165, 1.54) is 0 Å². The summed E-state index contributed by atoms with van der Waals surface area (Å²) in [5.41, 5.74) is 3.43. The van der Waals surface area contributed by atoms with Gasteiger partial charge in [0.25, 0.3) is 0 Å². The van der Waals surface area contributed by atoms with Crippen molar-refractivity contribution in [2.24, 2.45) is 5.16 Å². The second-order valence-electron chi connectivity index (χ2n) is 6.22. The standard InChI is InChI=1S/C19H16ClN3OS/c1-12-17(25-18(22-12)13-5-7-15(20)8-6-13)19(2)10-16(23-24-19)14-4-3-9-21-11-14/h3-9,11H,10H2,1-2H3. The lowest BCUT2D eigenvalue weighted by molar-refractivity contribution is -0.00507. The molecule has 0 saturated heterocycles. The van der Waals surface area contributed by atoms with Gasteiger partial charge in [-0.05, 0) is 38.1 Å². The Bertz CT molecular complexity index is 937. The first-order chi connectivity index (χ1) is 12.0. The highest BCUT2D eigenvalue weighted by atomic mass is 35.5. The highest BCUT2D eigenvalue weighted by molar-refractivity contribution is 7.15. The van der Waals surface area contributed by atoms with Gasteiger partial charge in [-0.2, -0.15) is 0 Å². The second kappa shape index (κ2) is 6.24. The molecule has 0 aliphatic carbocycles. The van der Waals surface area contributed by atoms with Crippen molar-refractivity contribution in [3.8, 4) is 10.6 Å². The third-order valence-electron chi connectivity index (χ3n) is 4.22. The highest BCUT2D eigenvalue weighted by Crippen LogP contribution is 2.42. The number of benzene rings is 1. The molecule has 1 unspecified atom stereocenters. The normalized spacial score (nSPS) is 19.6. The molecular weight excluding hydrogens is 354 g/mol. The van der Waals surface area contributed by atoms with Crippen molar-refractivity contribution < 1.29 is 4.84 Å². The minimum atomic E-state index is -0.502. The molecule has 1 aliphatic rings. The van der Waals surface area contributed by atoms with Crippen molar-refractivity contribution in [1.29, 1.82) is 0 Å². The van der Waals surface area contributed by atoms with E-state index in [1.54, 1.807) is 17.5 Å². The fourth-order valence-electron chi connectivity index (χ4n) is 2.95. The molecule has 4 nitrogen and oxygen atoms in total. The van der Waals surface area contributed by atoms with Gasteiger partial charge in [-0.15, -0.1) is 11.3 Å². The van der Waals surface area contributed by atoms with Crippen LogP contribution in [0.4, 0.5) is 0 Å². The molecule has 1 atom stereocenters. The molecule has 2 aromatic heterocycles. The maximum absolute atomic E-state index is 5.98. The number of pyridine rings is 1. The summed E-state index contributed by atoms with van der Waals surface area (Å²) in [6, 6.07) is 11.6. The van der Waals surface area contributed by atoms with Gasteiger partial charge >= 0.3 is 0 Å². The minimum absolute atomic E-state index is 0.502. The number of hydrogen-bond donors (Lipinski definition) is 0. The summed E-state index contributed by atoms with van der Waals surface area (Å²) in [5.74, 6) is 0. The summed E-state index contributed by atoms with van der Waals surface area (Å²) in [6.07, 6.45) is 4.26. The predicted octanol–water partition coefficient (Wildman–Crippen LogP) is 5.21. The fraction of sp³-hybridized carbons (Fsp3) is 0.211. The van der Waals surface area contributed by atoms with Gasteiger partial charge < -0.3 is 4.84 Å². The quantitative estimate of drug-likeness (QED) is 0.636. The van der Waals surface area contributed by atoms with Crippen LogP contribution in [-0.2, 0) is 10.4 Å². The van der Waals surface area contributed by atoms with Crippen LogP contribution in [0.25, 0.3) is 10.6 Å². The van der Waals surface area contributed by atoms with Crippen LogP contribution in [0.15, 0.2) is 53.9 Å². The zero-order valence-electron chi connectivity index (χ0n) is 13.9. The summed E-state index contributed by atoms with van der Waals surface area (Å²) in [7, 11) is 0. The molecule has 0 N–H and O–H groups in total. The molecule has 3 heterocycles. The molecule has 6 heteroatoms. The molecule has 0 bridgehead atoms. The van der Waals surface area contributed by atoms with Crippen molar-refractivity contribution in [3.05, 3.63) is 69.9 Å². The SMILES string of the molecule is Cc1nc(-c2ccc(Cl)cc2)sc1C1(C)CC(c2cccnc2)=NO1. The predicted molar refractivity (Wildman–Crippen MR) is 101 cm³/mol. The van der Waals surface area contributed by atoms with E-state index in [0.29, 0.717) is 6.42 Å². The Kier molecular flexibility index (Phi) is 4.06. The van der Waals surface area contributed by atoms with Crippen LogP contribution in [0.1, 0.15) is 29.5 Å². The molecule has 0 fully saturated rings. The number of aromatic nitrogens is 2. The average Bonchev–Trinajstić information content (AvgIpc) is 3.21. The van der Waals surface area contributed by atoms with Crippen molar-refractivity contribution in [3.63, 3.8) is 0 Å². The van der Waals surface area contributed by atoms with E-state index in [1.807, 2.05) is 49.5 Å². The van der Waals surface area contributed by atoms with E-state index in [0.717, 1.165) is 37.4 Å². The van der Waals surface area contributed by atoms with Crippen molar-refractivity contribution in [2.45, 2.75) is 25.9 Å². The van der Waals surface area contributed by atoms with Crippen LogP contribution >= 0.6 is 22.9 Å². The Morgan fingerprint density at radius 2 is 1.96 bits per heavy atom. The molecule has 4 rings (SSSR count). The largest absolute Gasteiger partial charge is 0.383 e. The second-order valence-corrected chi connectivity index (χ2v) is 7.65. The van der Waals surface area contributed by atoms with E-state index in [4.69, 9.17) is 21.4 Å². The van der Waals surface area contributed by atoms with Gasteiger partial charge in [0.2, 0.25) is 0 Å². The van der Waals surface area contributed by atoms with Gasteiger partial charge in [-0.3, -0.25) is 4.98 Å². The van der Waals surface area contributed by atoms with Gasteiger partial charge in [0.1, 0.15) is 5.01 Å². The molecular formula is C19H16ClN3OS. The lowest BCUT2D eigenvalue weighted by Crippen LogP contribution is -2.21. The summed E-state index contributed by atoms with van der Waals surface area (Å²) in [6.45, 7) is 4.08. The smallest absolute Gasteiger partial charge is 0.176 e. The van der Waals surface area contributed by atoms with Gasteiger partial charge in [-0.1, -0.05) is 28.9 Å². The van der Waals surface area contributed by atoms with E-state index in [2.05, 4.69) is 17.1 Å². The maximum Gasteiger partial charge on any atom is 0.176 e. The maximum atomic E-state index is 5.98. The van der Waals surface area contributed by atoms with Gasteiger partial charge in [0.15, 0.2) is 5.60 Å². The van der Waals surface area contributed by atoms with E-state index < -0.39 is 5.60 Å². The molecule has 0 spiro atoms. The van der Waals surface area contributed by atoms with E-state index in [9.17, 15) is 0 Å². The lowest BCUT2D eigenvalue weighted by atomic mass is 9.94. The van der Waals surface area contributed by atoms with Crippen LogP contribution in [0, 0.1) is 6.92 Å². The number of oxime groups is 1. The molecule has 0 saturated carbocycles. The van der Waals surface area contributed by atoms with Crippen molar-refractivity contribution >= 4 is 28.6 Å². The first-order valence-corrected chi connectivity index (χ1v) is 9.14. The van der Waals surface area contributed by atoms with Gasteiger partial charge in [0, 0.05) is 35.0 Å². The number of rotatable bonds is 3. The topological polar surface area (TPSA) is 47.4 Å². The zero-order valence-corrected chi connectivity index (χ0v) is 15.4. The first-order valence-electron chi connectivity index (χ1n) is 7.94. The number of aryl methyl sites for hydroxylation is 1. The van der Waals surface area contributed by atoms with Crippen LogP contribution in [-0.4, -0.2) is 15.7 Å². The Morgan fingerprint density at radius 3 is 2.68 bits per heavy atom. The molecule has 0 amide bonds. The Hall–Kier alpha value is -2.24. The highest BCUT2D eigenvalue weighted by Gasteiger charge is 2.40.